The van der Waals surface area contributed by atoms with E-state index >= 15 is 0 Å². The van der Waals surface area contributed by atoms with E-state index in [1.54, 1.807) is 0 Å². The highest BCUT2D eigenvalue weighted by Gasteiger charge is 2.66. The minimum absolute atomic E-state index is 0.0147. The van der Waals surface area contributed by atoms with Crippen LogP contribution in [0.2, 0.25) is 0 Å². The van der Waals surface area contributed by atoms with Gasteiger partial charge in [0.1, 0.15) is 11.3 Å². The van der Waals surface area contributed by atoms with Crippen LogP contribution < -0.4 is 0 Å². The van der Waals surface area contributed by atoms with Crippen molar-refractivity contribution in [1.29, 1.82) is 0 Å². The van der Waals surface area contributed by atoms with Gasteiger partial charge in [0.2, 0.25) is 5.76 Å². The highest BCUT2D eigenvalue weighted by atomic mass is 16.6. The third kappa shape index (κ3) is 3.41. The van der Waals surface area contributed by atoms with E-state index in [1.165, 1.54) is 7.11 Å². The molecule has 3 N–H and O–H groups in total. The fraction of sp³-hybridized carbons (Fsp3) is 0.645. The number of methoxy groups -OCH3 is 1. The average molecular weight is 538 g/mol. The Kier molecular flexibility index (Phi) is 5.94. The molecule has 0 amide bonds. The summed E-state index contributed by atoms with van der Waals surface area (Å²) in [5, 5.41) is 33.1. The summed E-state index contributed by atoms with van der Waals surface area (Å²) in [4.78, 5) is 15.1. The van der Waals surface area contributed by atoms with Crippen LogP contribution in [-0.4, -0.2) is 69.7 Å². The smallest absolute Gasteiger partial charge is 0.345 e. The van der Waals surface area contributed by atoms with Gasteiger partial charge in [0.05, 0.1) is 43.3 Å². The third-order valence-electron chi connectivity index (χ3n) is 10.8. The molecule has 9 atom stereocenters. The van der Waals surface area contributed by atoms with Crippen molar-refractivity contribution in [2.45, 2.75) is 75.1 Å². The maximum atomic E-state index is 12.5. The molecular formula is C31H39NO7. The van der Waals surface area contributed by atoms with E-state index in [0.29, 0.717) is 11.7 Å². The second-order valence-corrected chi connectivity index (χ2v) is 12.6. The molecule has 8 heteroatoms. The van der Waals surface area contributed by atoms with Crippen molar-refractivity contribution in [3.63, 3.8) is 0 Å². The van der Waals surface area contributed by atoms with Crippen LogP contribution in [-0.2, 0) is 19.0 Å². The number of rotatable bonds is 4. The molecule has 6 heterocycles. The van der Waals surface area contributed by atoms with Crippen LogP contribution in [0.15, 0.2) is 59.0 Å². The minimum Gasteiger partial charge on any atom is -0.492 e. The highest BCUT2D eigenvalue weighted by molar-refractivity contribution is 5.94. The molecule has 3 fully saturated rings. The lowest BCUT2D eigenvalue weighted by Gasteiger charge is -2.65. The van der Waals surface area contributed by atoms with Gasteiger partial charge in [-0.05, 0) is 56.9 Å². The first-order valence-electron chi connectivity index (χ1n) is 14.6. The molecule has 39 heavy (non-hydrogen) atoms. The summed E-state index contributed by atoms with van der Waals surface area (Å²) >= 11 is 0. The van der Waals surface area contributed by atoms with E-state index in [4.69, 9.17) is 14.2 Å². The van der Waals surface area contributed by atoms with Crippen molar-refractivity contribution in [3.05, 3.63) is 59.0 Å². The monoisotopic (exact) mass is 537 g/mol. The number of esters is 1. The molecule has 0 aromatic heterocycles. The topological polar surface area (TPSA) is 109 Å². The number of carbonyl (C=O) groups is 1. The molecule has 2 aliphatic carbocycles. The molecule has 0 aromatic rings. The zero-order chi connectivity index (χ0) is 27.1. The molecule has 8 nitrogen and oxygen atoms in total. The maximum Gasteiger partial charge on any atom is 0.345 e. The summed E-state index contributed by atoms with van der Waals surface area (Å²) in [5.41, 5.74) is -1.18. The fourth-order valence-electron chi connectivity index (χ4n) is 9.16. The molecule has 0 unspecified atom stereocenters. The lowest BCUT2D eigenvalue weighted by molar-refractivity contribution is -0.186. The molecule has 6 aliphatic heterocycles. The summed E-state index contributed by atoms with van der Waals surface area (Å²) in [6, 6.07) is 0.281. The van der Waals surface area contributed by atoms with Gasteiger partial charge in [-0.15, -0.1) is 0 Å². The number of nitrogens with zero attached hydrogens (tertiary/aromatic N) is 1. The Bertz CT molecular complexity index is 1230. The predicted molar refractivity (Wildman–Crippen MR) is 141 cm³/mol. The van der Waals surface area contributed by atoms with E-state index in [0.717, 1.165) is 50.7 Å². The van der Waals surface area contributed by atoms with Gasteiger partial charge in [0.15, 0.2) is 11.5 Å². The molecule has 2 bridgehead atoms. The van der Waals surface area contributed by atoms with Crippen molar-refractivity contribution < 1.29 is 34.3 Å². The van der Waals surface area contributed by atoms with E-state index in [-0.39, 0.29) is 53.5 Å². The maximum absolute atomic E-state index is 12.5. The van der Waals surface area contributed by atoms with Crippen molar-refractivity contribution >= 4 is 5.97 Å². The molecule has 0 saturated carbocycles. The zero-order valence-electron chi connectivity index (χ0n) is 22.7. The quantitative estimate of drug-likeness (QED) is 0.371. The molecule has 0 aromatic carbocycles. The van der Waals surface area contributed by atoms with Gasteiger partial charge in [0.25, 0.3) is 0 Å². The Morgan fingerprint density at radius 2 is 2.03 bits per heavy atom. The number of carbonyl (C=O) groups excluding carboxylic acids is 1. The van der Waals surface area contributed by atoms with Crippen LogP contribution in [0.1, 0.15) is 51.9 Å². The number of hydrogen-bond donors (Lipinski definition) is 3. The average Bonchev–Trinajstić information content (AvgIpc) is 3.39. The van der Waals surface area contributed by atoms with Crippen LogP contribution in [0.25, 0.3) is 0 Å². The van der Waals surface area contributed by atoms with Gasteiger partial charge < -0.3 is 29.5 Å². The number of aliphatic hydroxyl groups excluding tert-OH is 2. The van der Waals surface area contributed by atoms with Crippen molar-refractivity contribution in [2.24, 2.45) is 29.6 Å². The summed E-state index contributed by atoms with van der Waals surface area (Å²) in [6.07, 6.45) is 17.9. The minimum atomic E-state index is -0.800. The first kappa shape index (κ1) is 25.6. The first-order valence-corrected chi connectivity index (χ1v) is 14.6. The highest BCUT2D eigenvalue weighted by Crippen LogP contribution is 2.61. The Morgan fingerprint density at radius 3 is 2.77 bits per heavy atom. The van der Waals surface area contributed by atoms with E-state index in [2.05, 4.69) is 42.2 Å². The van der Waals surface area contributed by atoms with Crippen LogP contribution in [0.3, 0.4) is 0 Å². The number of ether oxygens (including phenoxy) is 3. The molecule has 210 valence electrons. The van der Waals surface area contributed by atoms with Crippen molar-refractivity contribution in [1.82, 2.24) is 4.90 Å². The van der Waals surface area contributed by atoms with Crippen molar-refractivity contribution in [3.8, 4) is 0 Å². The Hall–Kier alpha value is -2.39. The third-order valence-corrected chi connectivity index (χ3v) is 10.8. The fourth-order valence-corrected chi connectivity index (χ4v) is 9.16. The van der Waals surface area contributed by atoms with E-state index in [1.807, 2.05) is 0 Å². The SMILES string of the molecule is COC1=C(CO)C(=O)O/C1=C1/OC2=C[C@@H]3C=C[C@]4(CCC[C@@H]5N4[C@H]3CC[C@]5(O)[C@H]3C=CC[C@@H](C)C3)[C@H]2[C@@H]1CO. The summed E-state index contributed by atoms with van der Waals surface area (Å²) in [7, 11) is 1.43. The second kappa shape index (κ2) is 9.06. The number of allylic oxidation sites excluding steroid dienone is 1. The Labute approximate surface area is 229 Å². The van der Waals surface area contributed by atoms with Crippen LogP contribution in [0, 0.1) is 29.6 Å². The van der Waals surface area contributed by atoms with Crippen LogP contribution in [0.5, 0.6) is 0 Å². The Morgan fingerprint density at radius 1 is 1.18 bits per heavy atom. The standard InChI is InChI=1S/C31H39NO7/c1-17-5-3-6-19(13-17)31(36)12-9-22-18-8-11-30(10-4-7-24(31)32(22)30)25-20(15-33)27(38-23(25)14-18)28-26(37-2)21(16-34)29(35)39-28/h3,6,8,11,14,17-20,22,24-25,33-34,36H,4-5,7,9-10,12-13,15-16H2,1-2H3/b28-27+/t17-,18+,19+,20+,22+,24+,25+,30-,31+/m1/s1. The largest absolute Gasteiger partial charge is 0.492 e. The summed E-state index contributed by atoms with van der Waals surface area (Å²) < 4.78 is 17.6. The normalized spacial score (nSPS) is 46.4. The van der Waals surface area contributed by atoms with E-state index in [9.17, 15) is 20.1 Å². The molecule has 8 rings (SSSR count). The van der Waals surface area contributed by atoms with Crippen LogP contribution in [0.4, 0.5) is 0 Å². The van der Waals surface area contributed by atoms with Gasteiger partial charge in [-0.25, -0.2) is 4.79 Å². The number of hydrogen-bond acceptors (Lipinski definition) is 8. The van der Waals surface area contributed by atoms with E-state index < -0.39 is 29.6 Å². The summed E-state index contributed by atoms with van der Waals surface area (Å²) in [5.74, 6) is 0.988. The van der Waals surface area contributed by atoms with Crippen LogP contribution >= 0.6 is 0 Å². The van der Waals surface area contributed by atoms with Gasteiger partial charge in [0, 0.05) is 23.9 Å². The lowest BCUT2D eigenvalue weighted by atomic mass is 9.59. The molecule has 1 spiro atoms. The molecule has 3 saturated heterocycles. The zero-order valence-corrected chi connectivity index (χ0v) is 22.7. The predicted octanol–water partition coefficient (Wildman–Crippen LogP) is 3.08. The molecule has 0 radical (unpaired) electrons. The van der Waals surface area contributed by atoms with Gasteiger partial charge in [-0.1, -0.05) is 31.2 Å². The number of cyclic esters (lactones) is 1. The lowest BCUT2D eigenvalue weighted by Crippen LogP contribution is -2.74. The van der Waals surface area contributed by atoms with Gasteiger partial charge in [-0.3, -0.25) is 4.90 Å². The number of aliphatic hydroxyl groups is 3. The number of piperidine rings is 2. The van der Waals surface area contributed by atoms with Crippen molar-refractivity contribution in [2.75, 3.05) is 20.3 Å². The van der Waals surface area contributed by atoms with Gasteiger partial charge in [-0.2, -0.15) is 0 Å². The molecular weight excluding hydrogens is 498 g/mol. The summed E-state index contributed by atoms with van der Waals surface area (Å²) in [6.45, 7) is 1.58. The first-order chi connectivity index (χ1) is 18.9. The van der Waals surface area contributed by atoms with Gasteiger partial charge >= 0.3 is 5.97 Å². The molecule has 8 aliphatic rings. The Balaban J connectivity index is 1.34. The second-order valence-electron chi connectivity index (χ2n) is 12.6.